The van der Waals surface area contributed by atoms with Crippen LogP contribution >= 0.6 is 0 Å². The van der Waals surface area contributed by atoms with Gasteiger partial charge in [-0.1, -0.05) is 30.3 Å². The van der Waals surface area contributed by atoms with Crippen molar-refractivity contribution in [1.82, 2.24) is 4.98 Å². The number of esters is 2. The van der Waals surface area contributed by atoms with E-state index in [1.165, 1.54) is 18.2 Å². The molecule has 0 aliphatic carbocycles. The summed E-state index contributed by atoms with van der Waals surface area (Å²) >= 11 is 0. The predicted octanol–water partition coefficient (Wildman–Crippen LogP) is 6.29. The molecule has 0 spiro atoms. The average Bonchev–Trinajstić information content (AvgIpc) is 2.91. The number of anilines is 1. The summed E-state index contributed by atoms with van der Waals surface area (Å²) in [5.74, 6) is -1.06. The van der Waals surface area contributed by atoms with E-state index in [1.54, 1.807) is 40.9 Å². The highest BCUT2D eigenvalue weighted by Crippen LogP contribution is 2.31. The van der Waals surface area contributed by atoms with Crippen molar-refractivity contribution in [3.8, 4) is 17.0 Å². The zero-order chi connectivity index (χ0) is 28.1. The second-order valence-corrected chi connectivity index (χ2v) is 9.43. The molecule has 39 heavy (non-hydrogen) atoms. The van der Waals surface area contributed by atoms with Crippen LogP contribution in [0.1, 0.15) is 58.8 Å². The number of benzene rings is 3. The molecule has 1 N–H and O–H groups in total. The van der Waals surface area contributed by atoms with Gasteiger partial charge in [-0.25, -0.2) is 14.6 Å². The molecule has 200 valence electrons. The maximum Gasteiger partial charge on any atom is 0.338 e. The number of fused-ring (bicyclic) bond motifs is 1. The van der Waals surface area contributed by atoms with Crippen molar-refractivity contribution in [2.75, 3.05) is 12.4 Å². The number of methoxy groups -OCH3 is 1. The molecule has 0 aliphatic heterocycles. The van der Waals surface area contributed by atoms with E-state index in [1.807, 2.05) is 48.5 Å². The average molecular weight is 527 g/mol. The Bertz CT molecular complexity index is 1500. The van der Waals surface area contributed by atoms with Crippen LogP contribution in [0.25, 0.3) is 22.2 Å². The summed E-state index contributed by atoms with van der Waals surface area (Å²) < 4.78 is 16.1. The summed E-state index contributed by atoms with van der Waals surface area (Å²) in [5.41, 5.74) is 2.76. The zero-order valence-corrected chi connectivity index (χ0v) is 22.5. The summed E-state index contributed by atoms with van der Waals surface area (Å²) in [6, 6.07) is 20.8. The van der Waals surface area contributed by atoms with Crippen LogP contribution in [0, 0.1) is 0 Å². The lowest BCUT2D eigenvalue weighted by Crippen LogP contribution is -2.17. The highest BCUT2D eigenvalue weighted by molar-refractivity contribution is 6.13. The molecule has 0 unspecified atom stereocenters. The van der Waals surface area contributed by atoms with Crippen molar-refractivity contribution in [2.24, 2.45) is 0 Å². The third-order valence-electron chi connectivity index (χ3n) is 5.69. The van der Waals surface area contributed by atoms with Gasteiger partial charge in [-0.05, 0) is 70.2 Å². The highest BCUT2D eigenvalue weighted by atomic mass is 16.5. The van der Waals surface area contributed by atoms with Crippen LogP contribution in [0.5, 0.6) is 5.75 Å². The van der Waals surface area contributed by atoms with Crippen LogP contribution in [0.15, 0.2) is 72.8 Å². The first kappa shape index (κ1) is 27.3. The van der Waals surface area contributed by atoms with Gasteiger partial charge in [0.15, 0.2) is 0 Å². The fourth-order valence-corrected chi connectivity index (χ4v) is 4.06. The molecule has 1 aromatic heterocycles. The van der Waals surface area contributed by atoms with E-state index in [9.17, 15) is 14.4 Å². The van der Waals surface area contributed by atoms with Gasteiger partial charge < -0.3 is 19.5 Å². The predicted molar refractivity (Wildman–Crippen MR) is 149 cm³/mol. The minimum Gasteiger partial charge on any atom is -0.496 e. The Labute approximate surface area is 226 Å². The maximum absolute atomic E-state index is 13.7. The minimum absolute atomic E-state index is 0.117. The number of amides is 1. The fraction of sp³-hybridized carbons (Fsp3) is 0.226. The number of ether oxygens (including phenoxy) is 3. The van der Waals surface area contributed by atoms with Crippen LogP contribution in [-0.4, -0.2) is 42.1 Å². The first-order valence-corrected chi connectivity index (χ1v) is 12.6. The lowest BCUT2D eigenvalue weighted by molar-refractivity contribution is 0.0377. The molecular weight excluding hydrogens is 496 g/mol. The third-order valence-corrected chi connectivity index (χ3v) is 5.69. The number of para-hydroxylation sites is 2. The molecule has 4 aromatic rings. The fourth-order valence-electron chi connectivity index (χ4n) is 4.06. The molecule has 0 atom stereocenters. The molecule has 4 rings (SSSR count). The van der Waals surface area contributed by atoms with Crippen molar-refractivity contribution in [1.29, 1.82) is 0 Å². The van der Waals surface area contributed by atoms with Crippen LogP contribution in [0.3, 0.4) is 0 Å². The van der Waals surface area contributed by atoms with E-state index in [-0.39, 0.29) is 29.0 Å². The summed E-state index contributed by atoms with van der Waals surface area (Å²) in [6.45, 7) is 6.91. The van der Waals surface area contributed by atoms with Crippen molar-refractivity contribution in [2.45, 2.75) is 39.9 Å². The van der Waals surface area contributed by atoms with Gasteiger partial charge in [-0.15, -0.1) is 0 Å². The van der Waals surface area contributed by atoms with Crippen LogP contribution in [-0.2, 0) is 9.47 Å². The highest BCUT2D eigenvalue weighted by Gasteiger charge is 2.20. The van der Waals surface area contributed by atoms with Crippen LogP contribution < -0.4 is 10.1 Å². The first-order valence-electron chi connectivity index (χ1n) is 12.6. The molecule has 0 bridgehead atoms. The number of hydrogen-bond donors (Lipinski definition) is 1. The molecule has 0 aliphatic rings. The SMILES string of the molecule is COc1ccccc1-c1cc(C(=O)Nc2cc(C(=O)OC(C)C)cc(C(=O)OC(C)C)c2)c2ccccc2n1. The van der Waals surface area contributed by atoms with E-state index in [4.69, 9.17) is 19.2 Å². The number of hydrogen-bond acceptors (Lipinski definition) is 7. The summed E-state index contributed by atoms with van der Waals surface area (Å²) in [5, 5.41) is 3.48. The third kappa shape index (κ3) is 6.41. The second-order valence-electron chi connectivity index (χ2n) is 9.43. The van der Waals surface area contributed by atoms with Gasteiger partial charge in [0.1, 0.15) is 5.75 Å². The zero-order valence-electron chi connectivity index (χ0n) is 22.5. The number of nitrogens with zero attached hydrogens (tertiary/aromatic N) is 1. The Morgan fingerprint density at radius 2 is 1.36 bits per heavy atom. The number of rotatable bonds is 8. The lowest BCUT2D eigenvalue weighted by Gasteiger charge is -2.15. The Hall–Kier alpha value is -4.72. The number of carbonyl (C=O) groups is 3. The van der Waals surface area contributed by atoms with Gasteiger partial charge in [0.2, 0.25) is 0 Å². The molecule has 0 fully saturated rings. The van der Waals surface area contributed by atoms with E-state index in [2.05, 4.69) is 5.32 Å². The van der Waals surface area contributed by atoms with Crippen molar-refractivity contribution >= 4 is 34.4 Å². The molecule has 1 amide bonds. The molecular formula is C31H30N2O6. The van der Waals surface area contributed by atoms with E-state index in [0.717, 1.165) is 5.56 Å². The summed E-state index contributed by atoms with van der Waals surface area (Å²) in [4.78, 5) is 43.8. The van der Waals surface area contributed by atoms with Crippen LogP contribution in [0.2, 0.25) is 0 Å². The van der Waals surface area contributed by atoms with Crippen molar-refractivity contribution in [3.63, 3.8) is 0 Å². The smallest absolute Gasteiger partial charge is 0.338 e. The Morgan fingerprint density at radius 3 is 1.97 bits per heavy atom. The second kappa shape index (κ2) is 11.8. The van der Waals surface area contributed by atoms with Gasteiger partial charge in [-0.2, -0.15) is 0 Å². The van der Waals surface area contributed by atoms with Gasteiger partial charge in [-0.3, -0.25) is 4.79 Å². The maximum atomic E-state index is 13.7. The molecule has 0 saturated carbocycles. The number of carbonyl (C=O) groups excluding carboxylic acids is 3. The van der Waals surface area contributed by atoms with Gasteiger partial charge in [0, 0.05) is 16.6 Å². The van der Waals surface area contributed by atoms with E-state index in [0.29, 0.717) is 27.9 Å². The standard InChI is InChI=1S/C31H30N2O6/c1-18(2)38-30(35)20-14-21(31(36)39-19(3)4)16-22(15-20)32-29(34)25-17-27(24-11-7-9-13-28(24)37-5)33-26-12-8-6-10-23(25)26/h6-19H,1-5H3,(H,32,34). The number of nitrogens with one attached hydrogen (secondary N) is 1. The monoisotopic (exact) mass is 526 g/mol. The molecule has 0 radical (unpaired) electrons. The summed E-state index contributed by atoms with van der Waals surface area (Å²) in [6.07, 6.45) is -0.725. The van der Waals surface area contributed by atoms with E-state index < -0.39 is 17.8 Å². The topological polar surface area (TPSA) is 104 Å². The minimum atomic E-state index is -0.618. The normalized spacial score (nSPS) is 10.9. The largest absolute Gasteiger partial charge is 0.496 e. The molecule has 3 aromatic carbocycles. The Morgan fingerprint density at radius 1 is 0.769 bits per heavy atom. The molecule has 1 heterocycles. The van der Waals surface area contributed by atoms with Crippen LogP contribution in [0.4, 0.5) is 5.69 Å². The van der Waals surface area contributed by atoms with Crippen molar-refractivity contribution < 1.29 is 28.6 Å². The van der Waals surface area contributed by atoms with Gasteiger partial charge in [0.05, 0.1) is 47.2 Å². The summed E-state index contributed by atoms with van der Waals surface area (Å²) in [7, 11) is 1.58. The number of aromatic nitrogens is 1. The molecule has 8 heteroatoms. The molecule has 0 saturated heterocycles. The van der Waals surface area contributed by atoms with E-state index >= 15 is 0 Å². The first-order chi connectivity index (χ1) is 18.7. The molecule has 8 nitrogen and oxygen atoms in total. The number of pyridine rings is 1. The van der Waals surface area contributed by atoms with Gasteiger partial charge >= 0.3 is 11.9 Å². The quantitative estimate of drug-likeness (QED) is 0.269. The van der Waals surface area contributed by atoms with Gasteiger partial charge in [0.25, 0.3) is 5.91 Å². The van der Waals surface area contributed by atoms with Crippen molar-refractivity contribution in [3.05, 3.63) is 89.5 Å². The Kier molecular flexibility index (Phi) is 8.24. The lowest BCUT2D eigenvalue weighted by atomic mass is 10.0. The Balaban J connectivity index is 1.78.